The van der Waals surface area contributed by atoms with E-state index in [9.17, 15) is 0 Å². The molecular formula is C20H42OSi. The second-order valence-electron chi connectivity index (χ2n) is 10.0. The van der Waals surface area contributed by atoms with Crippen LogP contribution in [0, 0.1) is 35.5 Å². The van der Waals surface area contributed by atoms with E-state index in [0.717, 1.165) is 35.5 Å². The van der Waals surface area contributed by atoms with Gasteiger partial charge in [-0.15, -0.1) is 0 Å². The number of hydrogen-bond acceptors (Lipinski definition) is 1. The predicted molar refractivity (Wildman–Crippen MR) is 102 cm³/mol. The van der Waals surface area contributed by atoms with Crippen molar-refractivity contribution in [2.75, 3.05) is 0 Å². The van der Waals surface area contributed by atoms with Crippen molar-refractivity contribution in [2.45, 2.75) is 93.0 Å². The summed E-state index contributed by atoms with van der Waals surface area (Å²) in [5.74, 6) is 4.84. The molecule has 0 bridgehead atoms. The molecule has 132 valence electrons. The maximum Gasteiger partial charge on any atom is 0.184 e. The van der Waals surface area contributed by atoms with E-state index in [1.165, 1.54) is 25.7 Å². The highest BCUT2D eigenvalue weighted by molar-refractivity contribution is 6.69. The van der Waals surface area contributed by atoms with Crippen LogP contribution in [-0.4, -0.2) is 14.4 Å². The SMILES string of the molecule is CC(C)CC1CC(CC(C)C)C(O[Si](C)(C)C)C1CC(C)C. The van der Waals surface area contributed by atoms with Gasteiger partial charge in [0.1, 0.15) is 0 Å². The third-order valence-corrected chi connectivity index (χ3v) is 5.86. The van der Waals surface area contributed by atoms with Crippen molar-refractivity contribution in [3.05, 3.63) is 0 Å². The average molecular weight is 327 g/mol. The largest absolute Gasteiger partial charge is 0.414 e. The van der Waals surface area contributed by atoms with Crippen molar-refractivity contribution < 1.29 is 4.43 Å². The first-order chi connectivity index (χ1) is 9.99. The van der Waals surface area contributed by atoms with E-state index in [0.29, 0.717) is 6.10 Å². The Morgan fingerprint density at radius 2 is 1.23 bits per heavy atom. The molecule has 2 heteroatoms. The molecule has 0 N–H and O–H groups in total. The molecule has 1 aliphatic carbocycles. The first-order valence-corrected chi connectivity index (χ1v) is 13.1. The van der Waals surface area contributed by atoms with E-state index in [-0.39, 0.29) is 0 Å². The second kappa shape index (κ2) is 8.33. The van der Waals surface area contributed by atoms with Gasteiger partial charge in [-0.3, -0.25) is 0 Å². The van der Waals surface area contributed by atoms with Crippen LogP contribution in [0.2, 0.25) is 19.6 Å². The highest BCUT2D eigenvalue weighted by atomic mass is 28.4. The summed E-state index contributed by atoms with van der Waals surface area (Å²) < 4.78 is 6.78. The first-order valence-electron chi connectivity index (χ1n) is 9.67. The van der Waals surface area contributed by atoms with E-state index in [2.05, 4.69) is 61.2 Å². The fourth-order valence-electron chi connectivity index (χ4n) is 4.49. The van der Waals surface area contributed by atoms with E-state index >= 15 is 0 Å². The lowest BCUT2D eigenvalue weighted by Crippen LogP contribution is -2.38. The zero-order valence-corrected chi connectivity index (χ0v) is 17.8. The summed E-state index contributed by atoms with van der Waals surface area (Å²) in [5, 5.41) is 0. The van der Waals surface area contributed by atoms with Crippen LogP contribution in [0.1, 0.15) is 67.2 Å². The Morgan fingerprint density at radius 1 is 0.773 bits per heavy atom. The Morgan fingerprint density at radius 3 is 1.64 bits per heavy atom. The minimum Gasteiger partial charge on any atom is -0.414 e. The zero-order valence-electron chi connectivity index (χ0n) is 16.8. The van der Waals surface area contributed by atoms with Crippen LogP contribution in [0.5, 0.6) is 0 Å². The molecule has 1 nitrogen and oxygen atoms in total. The molecule has 0 heterocycles. The molecule has 0 aromatic rings. The molecular weight excluding hydrogens is 284 g/mol. The Hall–Kier alpha value is 0.177. The number of rotatable bonds is 8. The third kappa shape index (κ3) is 6.74. The summed E-state index contributed by atoms with van der Waals surface area (Å²) in [6.45, 7) is 21.4. The van der Waals surface area contributed by atoms with Gasteiger partial charge in [-0.25, -0.2) is 0 Å². The van der Waals surface area contributed by atoms with Gasteiger partial charge in [0.2, 0.25) is 0 Å². The minimum absolute atomic E-state index is 0.528. The molecule has 0 amide bonds. The van der Waals surface area contributed by atoms with Crippen LogP contribution in [0.4, 0.5) is 0 Å². The van der Waals surface area contributed by atoms with Gasteiger partial charge in [-0.05, 0) is 80.8 Å². The molecule has 0 spiro atoms. The van der Waals surface area contributed by atoms with Crippen molar-refractivity contribution in [2.24, 2.45) is 35.5 Å². The fourth-order valence-corrected chi connectivity index (χ4v) is 5.67. The molecule has 1 aliphatic rings. The van der Waals surface area contributed by atoms with Crippen LogP contribution in [0.25, 0.3) is 0 Å². The Kier molecular flexibility index (Phi) is 7.65. The van der Waals surface area contributed by atoms with Crippen LogP contribution >= 0.6 is 0 Å². The zero-order chi connectivity index (χ0) is 17.1. The molecule has 0 aliphatic heterocycles. The minimum atomic E-state index is -1.48. The van der Waals surface area contributed by atoms with Crippen molar-refractivity contribution in [1.29, 1.82) is 0 Å². The highest BCUT2D eigenvalue weighted by Crippen LogP contribution is 2.47. The molecule has 22 heavy (non-hydrogen) atoms. The molecule has 1 saturated carbocycles. The number of hydrogen-bond donors (Lipinski definition) is 0. The summed E-state index contributed by atoms with van der Waals surface area (Å²) in [6.07, 6.45) is 6.01. The molecule has 0 aromatic heterocycles. The summed E-state index contributed by atoms with van der Waals surface area (Å²) in [5.41, 5.74) is 0. The van der Waals surface area contributed by atoms with Crippen molar-refractivity contribution in [3.8, 4) is 0 Å². The summed E-state index contributed by atoms with van der Waals surface area (Å²) in [7, 11) is -1.48. The highest BCUT2D eigenvalue weighted by Gasteiger charge is 2.45. The molecule has 1 fully saturated rings. The van der Waals surface area contributed by atoms with E-state index in [1.54, 1.807) is 0 Å². The fraction of sp³-hybridized carbons (Fsp3) is 1.00. The molecule has 0 saturated heterocycles. The topological polar surface area (TPSA) is 9.23 Å². The van der Waals surface area contributed by atoms with Crippen LogP contribution in [0.3, 0.4) is 0 Å². The monoisotopic (exact) mass is 326 g/mol. The maximum absolute atomic E-state index is 6.78. The lowest BCUT2D eigenvalue weighted by Gasteiger charge is -2.34. The smallest absolute Gasteiger partial charge is 0.184 e. The van der Waals surface area contributed by atoms with Gasteiger partial charge in [-0.2, -0.15) is 0 Å². The Labute approximate surface area is 141 Å². The lowest BCUT2D eigenvalue weighted by atomic mass is 9.82. The lowest BCUT2D eigenvalue weighted by molar-refractivity contribution is 0.0792. The molecule has 1 rings (SSSR count). The van der Waals surface area contributed by atoms with Gasteiger partial charge >= 0.3 is 0 Å². The van der Waals surface area contributed by atoms with Gasteiger partial charge in [0.15, 0.2) is 8.32 Å². The van der Waals surface area contributed by atoms with Crippen molar-refractivity contribution >= 4 is 8.32 Å². The van der Waals surface area contributed by atoms with Gasteiger partial charge in [0, 0.05) is 0 Å². The van der Waals surface area contributed by atoms with Crippen LogP contribution < -0.4 is 0 Å². The van der Waals surface area contributed by atoms with Gasteiger partial charge in [-0.1, -0.05) is 41.5 Å². The molecule has 4 atom stereocenters. The third-order valence-electron chi connectivity index (χ3n) is 4.88. The van der Waals surface area contributed by atoms with Crippen molar-refractivity contribution in [3.63, 3.8) is 0 Å². The van der Waals surface area contributed by atoms with Gasteiger partial charge in [0.25, 0.3) is 0 Å². The summed E-state index contributed by atoms with van der Waals surface area (Å²) in [4.78, 5) is 0. The molecule has 4 unspecified atom stereocenters. The Balaban J connectivity index is 2.96. The van der Waals surface area contributed by atoms with Crippen LogP contribution in [0.15, 0.2) is 0 Å². The van der Waals surface area contributed by atoms with E-state index < -0.39 is 8.32 Å². The molecule has 0 aromatic carbocycles. The Bertz CT molecular complexity index is 316. The first kappa shape index (κ1) is 20.2. The van der Waals surface area contributed by atoms with Crippen LogP contribution in [-0.2, 0) is 4.43 Å². The average Bonchev–Trinajstić information content (AvgIpc) is 2.54. The predicted octanol–water partition coefficient (Wildman–Crippen LogP) is 6.60. The quantitative estimate of drug-likeness (QED) is 0.457. The van der Waals surface area contributed by atoms with E-state index in [4.69, 9.17) is 4.43 Å². The van der Waals surface area contributed by atoms with E-state index in [1.807, 2.05) is 0 Å². The van der Waals surface area contributed by atoms with Crippen molar-refractivity contribution in [1.82, 2.24) is 0 Å². The van der Waals surface area contributed by atoms with Gasteiger partial charge in [0.05, 0.1) is 6.10 Å². The van der Waals surface area contributed by atoms with Gasteiger partial charge < -0.3 is 4.43 Å². The summed E-state index contributed by atoms with van der Waals surface area (Å²) >= 11 is 0. The second-order valence-corrected chi connectivity index (χ2v) is 14.5. The standard InChI is InChI=1S/C20H42OSi/c1-14(2)10-17-13-18(11-15(3)4)20(21-22(7,8)9)19(17)12-16(5)6/h14-20H,10-13H2,1-9H3. The molecule has 0 radical (unpaired) electrons. The normalized spacial score (nSPS) is 30.0. The summed E-state index contributed by atoms with van der Waals surface area (Å²) in [6, 6.07) is 0. The maximum atomic E-state index is 6.78.